The third-order valence-corrected chi connectivity index (χ3v) is 7.13. The second kappa shape index (κ2) is 10.1. The third kappa shape index (κ3) is 5.19. The maximum absolute atomic E-state index is 12.8. The average Bonchev–Trinajstić information content (AvgIpc) is 2.73. The molecular formula is C21H25ClN2O5S. The number of sulfonamides is 1. The molecule has 9 heteroatoms. The molecule has 0 aliphatic rings. The zero-order valence-electron chi connectivity index (χ0n) is 17.3. The number of likely N-dealkylation sites (N-methyl/N-ethyl adjacent to an activating group) is 1. The van der Waals surface area contributed by atoms with Gasteiger partial charge in [0.05, 0.1) is 10.6 Å². The van der Waals surface area contributed by atoms with Gasteiger partial charge in [0, 0.05) is 25.8 Å². The normalized spacial score (nSPS) is 12.5. The third-order valence-electron chi connectivity index (χ3n) is 4.60. The van der Waals surface area contributed by atoms with E-state index in [9.17, 15) is 18.0 Å². The van der Waals surface area contributed by atoms with Crippen LogP contribution in [0.15, 0.2) is 53.4 Å². The van der Waals surface area contributed by atoms with Crippen LogP contribution in [0.2, 0.25) is 5.02 Å². The molecule has 0 radical (unpaired) electrons. The Hall–Kier alpha value is -2.42. The van der Waals surface area contributed by atoms with E-state index >= 15 is 0 Å². The first kappa shape index (κ1) is 23.9. The van der Waals surface area contributed by atoms with E-state index in [0.717, 1.165) is 0 Å². The highest BCUT2D eigenvalue weighted by atomic mass is 35.5. The first-order chi connectivity index (χ1) is 14.1. The molecule has 162 valence electrons. The van der Waals surface area contributed by atoms with Gasteiger partial charge in [0.15, 0.2) is 6.10 Å². The van der Waals surface area contributed by atoms with Crippen molar-refractivity contribution in [2.45, 2.75) is 31.8 Å². The molecule has 0 saturated carbocycles. The van der Waals surface area contributed by atoms with Gasteiger partial charge in [-0.15, -0.1) is 0 Å². The van der Waals surface area contributed by atoms with Crippen LogP contribution >= 0.6 is 11.6 Å². The summed E-state index contributed by atoms with van der Waals surface area (Å²) in [4.78, 5) is 26.4. The van der Waals surface area contributed by atoms with Gasteiger partial charge in [-0.3, -0.25) is 4.79 Å². The number of anilines is 1. The van der Waals surface area contributed by atoms with Crippen molar-refractivity contribution in [2.24, 2.45) is 0 Å². The van der Waals surface area contributed by atoms with Crippen LogP contribution in [0, 0.1) is 0 Å². The van der Waals surface area contributed by atoms with Gasteiger partial charge in [0.25, 0.3) is 5.91 Å². The predicted molar refractivity (Wildman–Crippen MR) is 116 cm³/mol. The van der Waals surface area contributed by atoms with Gasteiger partial charge >= 0.3 is 5.97 Å². The number of benzene rings is 2. The lowest BCUT2D eigenvalue weighted by Crippen LogP contribution is -2.37. The van der Waals surface area contributed by atoms with E-state index in [-0.39, 0.29) is 28.6 Å². The maximum atomic E-state index is 12.8. The molecule has 1 atom stereocenters. The standard InChI is InChI=1S/C21H25ClN2O5S/c1-5-24(6-2)30(27,28)19-14-16(12-13-18(19)22)21(26)29-15(3)20(25)23(4)17-10-8-7-9-11-17/h7-15H,5-6H2,1-4H3/t15-/m1/s1. The van der Waals surface area contributed by atoms with Gasteiger partial charge in [-0.05, 0) is 37.3 Å². The van der Waals surface area contributed by atoms with E-state index in [0.29, 0.717) is 5.69 Å². The molecule has 0 N–H and O–H groups in total. The Labute approximate surface area is 182 Å². The average molecular weight is 453 g/mol. The highest BCUT2D eigenvalue weighted by Gasteiger charge is 2.27. The Morgan fingerprint density at radius 1 is 1.07 bits per heavy atom. The minimum absolute atomic E-state index is 0.00591. The van der Waals surface area contributed by atoms with Crippen LogP contribution in [-0.2, 0) is 19.6 Å². The summed E-state index contributed by atoms with van der Waals surface area (Å²) in [5.74, 6) is -1.23. The molecule has 0 fully saturated rings. The van der Waals surface area contributed by atoms with E-state index in [2.05, 4.69) is 0 Å². The minimum atomic E-state index is -3.86. The van der Waals surface area contributed by atoms with Gasteiger partial charge in [0.1, 0.15) is 4.90 Å². The number of hydrogen-bond acceptors (Lipinski definition) is 5. The van der Waals surface area contributed by atoms with E-state index in [4.69, 9.17) is 16.3 Å². The van der Waals surface area contributed by atoms with Crippen LogP contribution in [0.25, 0.3) is 0 Å². The number of ether oxygens (including phenoxy) is 1. The molecule has 0 bridgehead atoms. The number of hydrogen-bond donors (Lipinski definition) is 0. The summed E-state index contributed by atoms with van der Waals surface area (Å²) in [5.41, 5.74) is 0.650. The fourth-order valence-corrected chi connectivity index (χ4v) is 4.82. The molecule has 0 saturated heterocycles. The molecular weight excluding hydrogens is 428 g/mol. The molecule has 2 aromatic carbocycles. The number of esters is 1. The van der Waals surface area contributed by atoms with Crippen LogP contribution in [-0.4, -0.2) is 50.8 Å². The minimum Gasteiger partial charge on any atom is -0.449 e. The number of nitrogens with zero attached hydrogens (tertiary/aromatic N) is 2. The second-order valence-electron chi connectivity index (χ2n) is 6.51. The Balaban J connectivity index is 2.22. The number of halogens is 1. The fraction of sp³-hybridized carbons (Fsp3) is 0.333. The molecule has 2 rings (SSSR count). The number of amides is 1. The first-order valence-corrected chi connectivity index (χ1v) is 11.3. The number of carbonyl (C=O) groups is 2. The Kier molecular flexibility index (Phi) is 8.00. The summed E-state index contributed by atoms with van der Waals surface area (Å²) in [6.45, 7) is 5.42. The van der Waals surface area contributed by atoms with E-state index < -0.39 is 28.0 Å². The van der Waals surface area contributed by atoms with Gasteiger partial charge in [-0.2, -0.15) is 4.31 Å². The highest BCUT2D eigenvalue weighted by Crippen LogP contribution is 2.26. The summed E-state index contributed by atoms with van der Waals surface area (Å²) < 4.78 is 32.1. The monoisotopic (exact) mass is 452 g/mol. The lowest BCUT2D eigenvalue weighted by Gasteiger charge is -2.22. The summed E-state index contributed by atoms with van der Waals surface area (Å²) in [7, 11) is -2.28. The van der Waals surface area contributed by atoms with Crippen LogP contribution < -0.4 is 4.90 Å². The summed E-state index contributed by atoms with van der Waals surface area (Å²) in [5, 5.41) is 0.00591. The van der Waals surface area contributed by atoms with E-state index in [1.54, 1.807) is 45.2 Å². The molecule has 0 spiro atoms. The molecule has 2 aromatic rings. The predicted octanol–water partition coefficient (Wildman–Crippen LogP) is 3.58. The SMILES string of the molecule is CCN(CC)S(=O)(=O)c1cc(C(=O)O[C@H](C)C(=O)N(C)c2ccccc2)ccc1Cl. The lowest BCUT2D eigenvalue weighted by molar-refractivity contribution is -0.126. The van der Waals surface area contributed by atoms with Crippen LogP contribution in [0.5, 0.6) is 0 Å². The molecule has 0 aliphatic carbocycles. The highest BCUT2D eigenvalue weighted by molar-refractivity contribution is 7.89. The molecule has 0 aliphatic heterocycles. The van der Waals surface area contributed by atoms with Crippen LogP contribution in [0.3, 0.4) is 0 Å². The fourth-order valence-electron chi connectivity index (χ4n) is 2.86. The van der Waals surface area contributed by atoms with Crippen molar-refractivity contribution in [3.05, 3.63) is 59.1 Å². The quantitative estimate of drug-likeness (QED) is 0.571. The molecule has 1 amide bonds. The molecule has 0 unspecified atom stereocenters. The van der Waals surface area contributed by atoms with Crippen molar-refractivity contribution in [2.75, 3.05) is 25.0 Å². The van der Waals surface area contributed by atoms with Crippen molar-refractivity contribution in [3.63, 3.8) is 0 Å². The number of carbonyl (C=O) groups excluding carboxylic acids is 2. The molecule has 30 heavy (non-hydrogen) atoms. The largest absolute Gasteiger partial charge is 0.449 e. The zero-order valence-corrected chi connectivity index (χ0v) is 18.9. The van der Waals surface area contributed by atoms with E-state index in [1.807, 2.05) is 6.07 Å². The van der Waals surface area contributed by atoms with Gasteiger partial charge < -0.3 is 9.64 Å². The summed E-state index contributed by atoms with van der Waals surface area (Å²) >= 11 is 6.09. The summed E-state index contributed by atoms with van der Waals surface area (Å²) in [6.07, 6.45) is -1.07. The van der Waals surface area contributed by atoms with Gasteiger partial charge in [-0.25, -0.2) is 13.2 Å². The smallest absolute Gasteiger partial charge is 0.338 e. The van der Waals surface area contributed by atoms with Gasteiger partial charge in [-0.1, -0.05) is 43.6 Å². The van der Waals surface area contributed by atoms with Crippen LogP contribution in [0.1, 0.15) is 31.1 Å². The van der Waals surface area contributed by atoms with Gasteiger partial charge in [0.2, 0.25) is 10.0 Å². The first-order valence-electron chi connectivity index (χ1n) is 9.46. The Morgan fingerprint density at radius 3 is 2.23 bits per heavy atom. The zero-order chi connectivity index (χ0) is 22.5. The number of rotatable bonds is 8. The summed E-state index contributed by atoms with van der Waals surface area (Å²) in [6, 6.07) is 12.8. The molecule has 0 heterocycles. The van der Waals surface area contributed by atoms with Crippen molar-refractivity contribution in [1.29, 1.82) is 0 Å². The Bertz CT molecular complexity index is 1010. The van der Waals surface area contributed by atoms with E-state index in [1.165, 1.54) is 34.3 Å². The second-order valence-corrected chi connectivity index (χ2v) is 8.83. The van der Waals surface area contributed by atoms with Crippen molar-refractivity contribution in [1.82, 2.24) is 4.31 Å². The molecule has 0 aromatic heterocycles. The lowest BCUT2D eigenvalue weighted by atomic mass is 10.2. The van der Waals surface area contributed by atoms with Crippen molar-refractivity contribution >= 4 is 39.2 Å². The molecule has 7 nitrogen and oxygen atoms in total. The van der Waals surface area contributed by atoms with Crippen molar-refractivity contribution < 1.29 is 22.7 Å². The number of para-hydroxylation sites is 1. The Morgan fingerprint density at radius 2 is 1.67 bits per heavy atom. The topological polar surface area (TPSA) is 84.0 Å². The maximum Gasteiger partial charge on any atom is 0.338 e. The van der Waals surface area contributed by atoms with Crippen molar-refractivity contribution in [3.8, 4) is 0 Å². The van der Waals surface area contributed by atoms with Crippen LogP contribution in [0.4, 0.5) is 5.69 Å².